The van der Waals surface area contributed by atoms with Crippen LogP contribution in [0, 0.1) is 6.92 Å². The minimum absolute atomic E-state index is 0.0424. The molecular formula is C19H17N3O. The fourth-order valence-corrected chi connectivity index (χ4v) is 3.48. The van der Waals surface area contributed by atoms with Crippen LogP contribution in [0.5, 0.6) is 0 Å². The second-order valence-electron chi connectivity index (χ2n) is 5.95. The van der Waals surface area contributed by atoms with Crippen molar-refractivity contribution in [3.05, 3.63) is 82.9 Å². The first-order chi connectivity index (χ1) is 11.2. The molecule has 2 aromatic carbocycles. The maximum absolute atomic E-state index is 12.3. The minimum Gasteiger partial charge on any atom is -0.299 e. The van der Waals surface area contributed by atoms with Crippen molar-refractivity contribution in [2.24, 2.45) is 0 Å². The van der Waals surface area contributed by atoms with Crippen molar-refractivity contribution in [3.63, 3.8) is 0 Å². The number of carbonyl (C=O) groups excluding carboxylic acids is 1. The standard InChI is InChI=1S/C19H17N3O/c1-12(23)17-15-10-6-7-11-16(15)18(14-8-4-3-5-9-14)22-19(17)20-13(2)21-22/h3-11,17-18H,1-2H3/t17-,18+/m0/s1. The second kappa shape index (κ2) is 5.16. The van der Waals surface area contributed by atoms with Gasteiger partial charge in [0.1, 0.15) is 29.4 Å². The number of aryl methyl sites for hydroxylation is 1. The van der Waals surface area contributed by atoms with Crippen molar-refractivity contribution in [3.8, 4) is 0 Å². The minimum atomic E-state index is -0.340. The summed E-state index contributed by atoms with van der Waals surface area (Å²) in [6.45, 7) is 3.49. The number of hydrogen-bond donors (Lipinski definition) is 0. The van der Waals surface area contributed by atoms with Crippen LogP contribution in [0.15, 0.2) is 54.6 Å². The van der Waals surface area contributed by atoms with E-state index < -0.39 is 0 Å². The lowest BCUT2D eigenvalue weighted by molar-refractivity contribution is -0.117. The van der Waals surface area contributed by atoms with Crippen LogP contribution in [0.3, 0.4) is 0 Å². The van der Waals surface area contributed by atoms with Gasteiger partial charge in [-0.2, -0.15) is 5.10 Å². The summed E-state index contributed by atoms with van der Waals surface area (Å²) < 4.78 is 1.92. The van der Waals surface area contributed by atoms with E-state index in [2.05, 4.69) is 28.3 Å². The highest BCUT2D eigenvalue weighted by molar-refractivity contribution is 5.87. The SMILES string of the molecule is CC(=O)[C@H]1c2ccccc2[C@@H](c2ccccc2)n2nc(C)nc21. The summed E-state index contributed by atoms with van der Waals surface area (Å²) in [5.74, 6) is 1.19. The van der Waals surface area contributed by atoms with Crippen LogP contribution in [0.25, 0.3) is 0 Å². The van der Waals surface area contributed by atoms with Crippen molar-refractivity contribution >= 4 is 5.78 Å². The Kier molecular flexibility index (Phi) is 3.11. The molecule has 0 bridgehead atoms. The molecule has 0 radical (unpaired) electrons. The molecule has 4 nitrogen and oxygen atoms in total. The number of benzene rings is 2. The third kappa shape index (κ3) is 2.10. The van der Waals surface area contributed by atoms with Gasteiger partial charge in [-0.25, -0.2) is 9.67 Å². The molecule has 0 spiro atoms. The molecule has 0 unspecified atom stereocenters. The van der Waals surface area contributed by atoms with Gasteiger partial charge >= 0.3 is 0 Å². The lowest BCUT2D eigenvalue weighted by Gasteiger charge is -2.31. The number of fused-ring (bicyclic) bond motifs is 2. The highest BCUT2D eigenvalue weighted by Crippen LogP contribution is 2.41. The fraction of sp³-hybridized carbons (Fsp3) is 0.211. The Balaban J connectivity index is 2.02. The largest absolute Gasteiger partial charge is 0.299 e. The highest BCUT2D eigenvalue weighted by atomic mass is 16.1. The molecule has 3 aromatic rings. The number of rotatable bonds is 2. The van der Waals surface area contributed by atoms with E-state index in [-0.39, 0.29) is 17.7 Å². The molecule has 4 heteroatoms. The molecular weight excluding hydrogens is 286 g/mol. The summed E-state index contributed by atoms with van der Waals surface area (Å²) in [5, 5.41) is 4.59. The fourth-order valence-electron chi connectivity index (χ4n) is 3.48. The first-order valence-electron chi connectivity index (χ1n) is 7.74. The van der Waals surface area contributed by atoms with Gasteiger partial charge in [-0.15, -0.1) is 0 Å². The molecule has 0 fully saturated rings. The quantitative estimate of drug-likeness (QED) is 0.730. The molecule has 0 N–H and O–H groups in total. The molecule has 0 saturated carbocycles. The van der Waals surface area contributed by atoms with E-state index in [1.807, 2.05) is 48.0 Å². The van der Waals surface area contributed by atoms with Crippen molar-refractivity contribution in [2.45, 2.75) is 25.8 Å². The number of Topliss-reactive ketones (excluding diaryl/α,β-unsaturated/α-hetero) is 1. The second-order valence-corrected chi connectivity index (χ2v) is 5.95. The van der Waals surface area contributed by atoms with Crippen molar-refractivity contribution in [2.75, 3.05) is 0 Å². The lowest BCUT2D eigenvalue weighted by atomic mass is 9.82. The summed E-state index contributed by atoms with van der Waals surface area (Å²) in [7, 11) is 0. The number of carbonyl (C=O) groups is 1. The molecule has 1 aliphatic heterocycles. The number of aromatic nitrogens is 3. The van der Waals surface area contributed by atoms with Crippen LogP contribution < -0.4 is 0 Å². The third-order valence-electron chi connectivity index (χ3n) is 4.39. The molecule has 1 aromatic heterocycles. The summed E-state index contributed by atoms with van der Waals surface area (Å²) in [6, 6.07) is 18.3. The topological polar surface area (TPSA) is 47.8 Å². The predicted octanol–water partition coefficient (Wildman–Crippen LogP) is 3.26. The van der Waals surface area contributed by atoms with Crippen molar-refractivity contribution in [1.82, 2.24) is 14.8 Å². The maximum Gasteiger partial charge on any atom is 0.147 e. The summed E-state index contributed by atoms with van der Waals surface area (Å²) >= 11 is 0. The first-order valence-corrected chi connectivity index (χ1v) is 7.74. The molecule has 2 atom stereocenters. The van der Waals surface area contributed by atoms with Crippen LogP contribution >= 0.6 is 0 Å². The summed E-state index contributed by atoms with van der Waals surface area (Å²) in [6.07, 6.45) is 0. The summed E-state index contributed by atoms with van der Waals surface area (Å²) in [5.41, 5.74) is 3.30. The molecule has 0 amide bonds. The van der Waals surface area contributed by atoms with Gasteiger partial charge in [-0.05, 0) is 30.5 Å². The highest BCUT2D eigenvalue weighted by Gasteiger charge is 2.37. The monoisotopic (exact) mass is 303 g/mol. The van der Waals surface area contributed by atoms with E-state index in [0.29, 0.717) is 5.82 Å². The Bertz CT molecular complexity index is 883. The average Bonchev–Trinajstić information content (AvgIpc) is 2.93. The van der Waals surface area contributed by atoms with Crippen LogP contribution in [-0.2, 0) is 4.79 Å². The summed E-state index contributed by atoms with van der Waals surface area (Å²) in [4.78, 5) is 16.9. The van der Waals surface area contributed by atoms with E-state index in [4.69, 9.17) is 0 Å². The average molecular weight is 303 g/mol. The zero-order chi connectivity index (χ0) is 16.0. The number of nitrogens with zero attached hydrogens (tertiary/aromatic N) is 3. The molecule has 0 saturated heterocycles. The van der Waals surface area contributed by atoms with Crippen molar-refractivity contribution in [1.29, 1.82) is 0 Å². The third-order valence-corrected chi connectivity index (χ3v) is 4.39. The van der Waals surface area contributed by atoms with Gasteiger partial charge < -0.3 is 0 Å². The molecule has 2 heterocycles. The van der Waals surface area contributed by atoms with Gasteiger partial charge in [0, 0.05) is 0 Å². The zero-order valence-corrected chi connectivity index (χ0v) is 13.1. The van der Waals surface area contributed by atoms with Crippen LogP contribution in [0.2, 0.25) is 0 Å². The van der Waals surface area contributed by atoms with E-state index in [9.17, 15) is 4.79 Å². The number of hydrogen-bond acceptors (Lipinski definition) is 3. The van der Waals surface area contributed by atoms with Crippen LogP contribution in [0.1, 0.15) is 47.2 Å². The van der Waals surface area contributed by atoms with Crippen molar-refractivity contribution < 1.29 is 4.79 Å². The van der Waals surface area contributed by atoms with Gasteiger partial charge in [0.05, 0.1) is 0 Å². The van der Waals surface area contributed by atoms with Gasteiger partial charge in [-0.1, -0.05) is 54.6 Å². The number of ketones is 1. The van der Waals surface area contributed by atoms with Crippen LogP contribution in [-0.4, -0.2) is 20.5 Å². The molecule has 0 aliphatic carbocycles. The smallest absolute Gasteiger partial charge is 0.147 e. The Morgan fingerprint density at radius 3 is 2.35 bits per heavy atom. The lowest BCUT2D eigenvalue weighted by Crippen LogP contribution is -2.29. The normalized spacial score (nSPS) is 19.0. The van der Waals surface area contributed by atoms with E-state index in [1.165, 1.54) is 0 Å². The molecule has 23 heavy (non-hydrogen) atoms. The maximum atomic E-state index is 12.3. The Labute approximate surface area is 134 Å². The molecule has 4 rings (SSSR count). The van der Waals surface area contributed by atoms with E-state index >= 15 is 0 Å². The molecule has 1 aliphatic rings. The zero-order valence-electron chi connectivity index (χ0n) is 13.1. The van der Waals surface area contributed by atoms with Gasteiger partial charge in [0.2, 0.25) is 0 Å². The predicted molar refractivity (Wildman–Crippen MR) is 87.4 cm³/mol. The Morgan fingerprint density at radius 1 is 1.00 bits per heavy atom. The van der Waals surface area contributed by atoms with Gasteiger partial charge in [-0.3, -0.25) is 4.79 Å². The van der Waals surface area contributed by atoms with Crippen LogP contribution in [0.4, 0.5) is 0 Å². The van der Waals surface area contributed by atoms with Gasteiger partial charge in [0.15, 0.2) is 0 Å². The van der Waals surface area contributed by atoms with E-state index in [1.54, 1.807) is 6.92 Å². The first kappa shape index (κ1) is 13.9. The van der Waals surface area contributed by atoms with E-state index in [0.717, 1.165) is 22.5 Å². The Hall–Kier alpha value is -2.75. The van der Waals surface area contributed by atoms with Gasteiger partial charge in [0.25, 0.3) is 0 Å². The molecule has 114 valence electrons. The Morgan fingerprint density at radius 2 is 1.65 bits per heavy atom.